The van der Waals surface area contributed by atoms with Gasteiger partial charge in [-0.25, -0.2) is 0 Å². The lowest BCUT2D eigenvalue weighted by Crippen LogP contribution is -2.38. The molecular weight excluding hydrogens is 298 g/mol. The van der Waals surface area contributed by atoms with E-state index in [1.54, 1.807) is 11.2 Å². The number of hydrogen-bond acceptors (Lipinski definition) is 5. The van der Waals surface area contributed by atoms with Crippen LogP contribution in [0, 0.1) is 10.1 Å². The standard InChI is InChI=1S/C12H10ClN5O3/c13-10-2-1-8(18(20)21)5-9(10)12(19)16-3-4-17-7-14-15-11(17)6-16/h1-2,5,7H,3-4,6H2. The van der Waals surface area contributed by atoms with Gasteiger partial charge in [0, 0.05) is 25.2 Å². The van der Waals surface area contributed by atoms with Crippen molar-refractivity contribution in [1.82, 2.24) is 19.7 Å². The molecule has 0 spiro atoms. The quantitative estimate of drug-likeness (QED) is 0.619. The number of nitro groups is 1. The highest BCUT2D eigenvalue weighted by Crippen LogP contribution is 2.24. The molecule has 0 N–H and O–H groups in total. The van der Waals surface area contributed by atoms with Gasteiger partial charge in [-0.15, -0.1) is 10.2 Å². The Morgan fingerprint density at radius 3 is 2.95 bits per heavy atom. The van der Waals surface area contributed by atoms with Crippen molar-refractivity contribution in [3.8, 4) is 0 Å². The SMILES string of the molecule is O=C(c1cc([N+](=O)[O-])ccc1Cl)N1CCn2cnnc2C1. The maximum absolute atomic E-state index is 12.5. The molecule has 2 heterocycles. The fourth-order valence-corrected chi connectivity index (χ4v) is 2.40. The third-order valence-electron chi connectivity index (χ3n) is 3.32. The van der Waals surface area contributed by atoms with E-state index in [0.717, 1.165) is 0 Å². The third kappa shape index (κ3) is 2.45. The minimum atomic E-state index is -0.556. The minimum Gasteiger partial charge on any atom is -0.329 e. The monoisotopic (exact) mass is 307 g/mol. The molecule has 108 valence electrons. The first-order valence-corrected chi connectivity index (χ1v) is 6.54. The van der Waals surface area contributed by atoms with Crippen LogP contribution in [0.3, 0.4) is 0 Å². The van der Waals surface area contributed by atoms with Gasteiger partial charge in [-0.3, -0.25) is 14.9 Å². The summed E-state index contributed by atoms with van der Waals surface area (Å²) in [5.41, 5.74) is -0.0400. The Labute approximate surface area is 124 Å². The second kappa shape index (κ2) is 5.13. The first-order chi connectivity index (χ1) is 10.1. The lowest BCUT2D eigenvalue weighted by molar-refractivity contribution is -0.384. The Kier molecular flexibility index (Phi) is 3.30. The van der Waals surface area contributed by atoms with E-state index in [-0.39, 0.29) is 22.2 Å². The van der Waals surface area contributed by atoms with Crippen molar-refractivity contribution < 1.29 is 9.72 Å². The molecule has 1 aliphatic rings. The topological polar surface area (TPSA) is 94.2 Å². The van der Waals surface area contributed by atoms with Crippen molar-refractivity contribution in [2.24, 2.45) is 0 Å². The molecule has 1 aromatic carbocycles. The number of amides is 1. The van der Waals surface area contributed by atoms with Crippen molar-refractivity contribution >= 4 is 23.2 Å². The van der Waals surface area contributed by atoms with Gasteiger partial charge < -0.3 is 9.47 Å². The average molecular weight is 308 g/mol. The Morgan fingerprint density at radius 2 is 2.19 bits per heavy atom. The summed E-state index contributed by atoms with van der Waals surface area (Å²) in [5.74, 6) is 0.328. The molecule has 0 radical (unpaired) electrons. The first-order valence-electron chi connectivity index (χ1n) is 6.16. The van der Waals surface area contributed by atoms with E-state index < -0.39 is 4.92 Å². The number of nitrogens with zero attached hydrogens (tertiary/aromatic N) is 5. The Bertz CT molecular complexity index is 729. The smallest absolute Gasteiger partial charge is 0.270 e. The highest BCUT2D eigenvalue weighted by molar-refractivity contribution is 6.33. The molecule has 0 unspecified atom stereocenters. The summed E-state index contributed by atoms with van der Waals surface area (Å²) < 4.78 is 1.86. The summed E-state index contributed by atoms with van der Waals surface area (Å²) in [4.78, 5) is 24.3. The first kappa shape index (κ1) is 13.5. The predicted molar refractivity (Wildman–Crippen MR) is 72.9 cm³/mol. The van der Waals surface area contributed by atoms with E-state index in [4.69, 9.17) is 11.6 Å². The van der Waals surface area contributed by atoms with E-state index in [1.165, 1.54) is 18.2 Å². The van der Waals surface area contributed by atoms with Crippen molar-refractivity contribution in [1.29, 1.82) is 0 Å². The van der Waals surface area contributed by atoms with E-state index in [1.807, 2.05) is 4.57 Å². The van der Waals surface area contributed by atoms with Gasteiger partial charge in [-0.05, 0) is 6.07 Å². The third-order valence-corrected chi connectivity index (χ3v) is 3.65. The van der Waals surface area contributed by atoms with Gasteiger partial charge in [-0.2, -0.15) is 0 Å². The van der Waals surface area contributed by atoms with Crippen molar-refractivity contribution in [2.45, 2.75) is 13.1 Å². The zero-order valence-corrected chi connectivity index (χ0v) is 11.5. The fourth-order valence-electron chi connectivity index (χ4n) is 2.20. The number of non-ortho nitro benzene ring substituents is 1. The molecule has 1 aliphatic heterocycles. The highest BCUT2D eigenvalue weighted by Gasteiger charge is 2.25. The van der Waals surface area contributed by atoms with Gasteiger partial charge in [0.2, 0.25) is 0 Å². The van der Waals surface area contributed by atoms with Crippen LogP contribution >= 0.6 is 11.6 Å². The number of halogens is 1. The molecule has 8 nitrogen and oxygen atoms in total. The molecule has 0 fully saturated rings. The van der Waals surface area contributed by atoms with Crippen molar-refractivity contribution in [3.63, 3.8) is 0 Å². The molecule has 0 saturated heterocycles. The minimum absolute atomic E-state index is 0.124. The van der Waals surface area contributed by atoms with Crippen LogP contribution in [0.15, 0.2) is 24.5 Å². The number of fused-ring (bicyclic) bond motifs is 1. The molecule has 1 aromatic heterocycles. The number of carbonyl (C=O) groups excluding carboxylic acids is 1. The van der Waals surface area contributed by atoms with Crippen LogP contribution in [-0.4, -0.2) is 37.0 Å². The molecule has 21 heavy (non-hydrogen) atoms. The Hall–Kier alpha value is -2.48. The Morgan fingerprint density at radius 1 is 1.38 bits per heavy atom. The van der Waals surface area contributed by atoms with Gasteiger partial charge in [0.05, 0.1) is 22.1 Å². The van der Waals surface area contributed by atoms with E-state index in [2.05, 4.69) is 10.2 Å². The zero-order valence-electron chi connectivity index (χ0n) is 10.8. The molecule has 3 rings (SSSR count). The fraction of sp³-hybridized carbons (Fsp3) is 0.250. The second-order valence-electron chi connectivity index (χ2n) is 4.59. The van der Waals surface area contributed by atoms with Gasteiger partial charge >= 0.3 is 0 Å². The van der Waals surface area contributed by atoms with Crippen molar-refractivity contribution in [3.05, 3.63) is 51.1 Å². The zero-order chi connectivity index (χ0) is 15.0. The van der Waals surface area contributed by atoms with Crippen LogP contribution in [0.4, 0.5) is 5.69 Å². The molecule has 0 aliphatic carbocycles. The van der Waals surface area contributed by atoms with Gasteiger partial charge in [0.15, 0.2) is 5.82 Å². The van der Waals surface area contributed by atoms with Gasteiger partial charge in [-0.1, -0.05) is 11.6 Å². The molecule has 0 bridgehead atoms. The normalized spacial score (nSPS) is 13.9. The summed E-state index contributed by atoms with van der Waals surface area (Å²) in [5, 5.41) is 18.7. The molecule has 2 aromatic rings. The van der Waals surface area contributed by atoms with Gasteiger partial charge in [0.1, 0.15) is 6.33 Å². The highest BCUT2D eigenvalue weighted by atomic mass is 35.5. The summed E-state index contributed by atoms with van der Waals surface area (Å²) in [6.45, 7) is 1.36. The van der Waals surface area contributed by atoms with Crippen LogP contribution in [0.2, 0.25) is 5.02 Å². The second-order valence-corrected chi connectivity index (χ2v) is 5.00. The molecule has 9 heteroatoms. The summed E-state index contributed by atoms with van der Waals surface area (Å²) in [6, 6.07) is 3.83. The number of rotatable bonds is 2. The molecule has 0 atom stereocenters. The number of aromatic nitrogens is 3. The van der Waals surface area contributed by atoms with E-state index in [9.17, 15) is 14.9 Å². The maximum atomic E-state index is 12.5. The van der Waals surface area contributed by atoms with Crippen LogP contribution in [-0.2, 0) is 13.1 Å². The van der Waals surface area contributed by atoms with Crippen LogP contribution < -0.4 is 0 Å². The van der Waals surface area contributed by atoms with Crippen molar-refractivity contribution in [2.75, 3.05) is 6.54 Å². The molecule has 0 saturated carbocycles. The van der Waals surface area contributed by atoms with E-state index in [0.29, 0.717) is 25.5 Å². The van der Waals surface area contributed by atoms with Gasteiger partial charge in [0.25, 0.3) is 11.6 Å². The number of carbonyl (C=O) groups is 1. The molecular formula is C12H10ClN5O3. The number of nitro benzene ring substituents is 1. The number of benzene rings is 1. The molecule has 1 amide bonds. The largest absolute Gasteiger partial charge is 0.329 e. The lowest BCUT2D eigenvalue weighted by atomic mass is 10.1. The Balaban J connectivity index is 1.89. The van der Waals surface area contributed by atoms with Crippen LogP contribution in [0.1, 0.15) is 16.2 Å². The van der Waals surface area contributed by atoms with Crippen LogP contribution in [0.5, 0.6) is 0 Å². The average Bonchev–Trinajstić information content (AvgIpc) is 2.94. The van der Waals surface area contributed by atoms with E-state index >= 15 is 0 Å². The lowest BCUT2D eigenvalue weighted by Gasteiger charge is -2.27. The predicted octanol–water partition coefficient (Wildman–Crippen LogP) is 1.50. The maximum Gasteiger partial charge on any atom is 0.270 e. The summed E-state index contributed by atoms with van der Waals surface area (Å²) >= 11 is 5.99. The summed E-state index contributed by atoms with van der Waals surface area (Å²) in [6.07, 6.45) is 1.61. The number of hydrogen-bond donors (Lipinski definition) is 0. The summed E-state index contributed by atoms with van der Waals surface area (Å²) in [7, 11) is 0. The van der Waals surface area contributed by atoms with Crippen LogP contribution in [0.25, 0.3) is 0 Å².